The van der Waals surface area contributed by atoms with Gasteiger partial charge in [0.2, 0.25) is 5.88 Å². The Morgan fingerprint density at radius 1 is 1.00 bits per heavy atom. The van der Waals surface area contributed by atoms with E-state index in [0.29, 0.717) is 17.5 Å². The zero-order chi connectivity index (χ0) is 14.5. The van der Waals surface area contributed by atoms with E-state index in [4.69, 9.17) is 9.47 Å². The molecule has 0 bridgehead atoms. The number of hydrogen-bond donors (Lipinski definition) is 1. The zero-order valence-corrected chi connectivity index (χ0v) is 14.7. The van der Waals surface area contributed by atoms with Crippen molar-refractivity contribution >= 4 is 24.8 Å². The molecule has 1 aliphatic rings. The normalized spacial score (nSPS) is 14.3. The number of piperidine rings is 1. The zero-order valence-electron chi connectivity index (χ0n) is 13.0. The van der Waals surface area contributed by atoms with Gasteiger partial charge in [-0.15, -0.1) is 24.8 Å². The number of rotatable bonds is 4. The summed E-state index contributed by atoms with van der Waals surface area (Å²) in [4.78, 5) is 4.43. The number of aromatic nitrogens is 1. The van der Waals surface area contributed by atoms with Crippen LogP contribution in [0.3, 0.4) is 0 Å². The number of halogens is 2. The van der Waals surface area contributed by atoms with Crippen molar-refractivity contribution in [3.8, 4) is 17.4 Å². The molecule has 1 aromatic carbocycles. The minimum atomic E-state index is 0. The number of hydrogen-bond acceptors (Lipinski definition) is 4. The summed E-state index contributed by atoms with van der Waals surface area (Å²) in [6, 6.07) is 11.8. The number of ether oxygens (including phenoxy) is 2. The van der Waals surface area contributed by atoms with Gasteiger partial charge in [0.1, 0.15) is 0 Å². The van der Waals surface area contributed by atoms with Gasteiger partial charge in [-0.3, -0.25) is 0 Å². The molecule has 2 aromatic rings. The van der Waals surface area contributed by atoms with Crippen LogP contribution in [-0.2, 0) is 0 Å². The lowest BCUT2D eigenvalue weighted by Crippen LogP contribution is -2.26. The van der Waals surface area contributed by atoms with E-state index in [2.05, 4.69) is 16.4 Å². The molecule has 0 unspecified atom stereocenters. The van der Waals surface area contributed by atoms with E-state index in [1.165, 1.54) is 5.56 Å². The maximum Gasteiger partial charge on any atom is 0.222 e. The van der Waals surface area contributed by atoms with Crippen LogP contribution >= 0.6 is 24.8 Å². The molecular weight excluding hydrogens is 335 g/mol. The van der Waals surface area contributed by atoms with Crippen LogP contribution in [0.2, 0.25) is 0 Å². The van der Waals surface area contributed by atoms with Gasteiger partial charge in [-0.1, -0.05) is 18.2 Å². The average molecular weight is 357 g/mol. The smallest absolute Gasteiger partial charge is 0.222 e. The number of para-hydroxylation sites is 2. The Balaban J connectivity index is 0.00000132. The van der Waals surface area contributed by atoms with Gasteiger partial charge in [0, 0.05) is 11.8 Å². The fourth-order valence-electron chi connectivity index (χ4n) is 2.74. The molecule has 0 aliphatic carbocycles. The summed E-state index contributed by atoms with van der Waals surface area (Å²) in [6.45, 7) is 2.10. The number of benzene rings is 1. The second-order valence-corrected chi connectivity index (χ2v) is 5.17. The minimum absolute atomic E-state index is 0. The summed E-state index contributed by atoms with van der Waals surface area (Å²) in [5.41, 5.74) is 1.19. The highest BCUT2D eigenvalue weighted by Crippen LogP contribution is 2.36. The third-order valence-corrected chi connectivity index (χ3v) is 3.86. The quantitative estimate of drug-likeness (QED) is 0.891. The van der Waals surface area contributed by atoms with Crippen LogP contribution in [0.25, 0.3) is 0 Å². The van der Waals surface area contributed by atoms with Gasteiger partial charge < -0.3 is 14.8 Å². The van der Waals surface area contributed by atoms with E-state index < -0.39 is 0 Å². The number of nitrogens with one attached hydrogen (secondary N) is 1. The molecule has 0 saturated carbocycles. The van der Waals surface area contributed by atoms with Crippen molar-refractivity contribution in [1.82, 2.24) is 10.3 Å². The van der Waals surface area contributed by atoms with Crippen molar-refractivity contribution in [3.63, 3.8) is 0 Å². The molecule has 2 heterocycles. The van der Waals surface area contributed by atoms with Crippen molar-refractivity contribution in [1.29, 1.82) is 0 Å². The highest BCUT2D eigenvalue weighted by atomic mass is 35.5. The Morgan fingerprint density at radius 3 is 2.39 bits per heavy atom. The number of pyridine rings is 1. The Kier molecular flexibility index (Phi) is 8.17. The average Bonchev–Trinajstić information content (AvgIpc) is 2.57. The summed E-state index contributed by atoms with van der Waals surface area (Å²) in [5.74, 6) is 2.62. The van der Waals surface area contributed by atoms with Gasteiger partial charge in [-0.25, -0.2) is 4.98 Å². The van der Waals surface area contributed by atoms with Crippen LogP contribution in [0.15, 0.2) is 42.6 Å². The molecule has 23 heavy (non-hydrogen) atoms. The highest BCUT2D eigenvalue weighted by Gasteiger charge is 2.20. The molecule has 0 amide bonds. The molecule has 1 aliphatic heterocycles. The molecule has 1 N–H and O–H groups in total. The largest absolute Gasteiger partial charge is 0.493 e. The lowest BCUT2D eigenvalue weighted by molar-refractivity contribution is 0.367. The molecule has 1 fully saturated rings. The summed E-state index contributed by atoms with van der Waals surface area (Å²) in [6.07, 6.45) is 4.01. The first-order valence-corrected chi connectivity index (χ1v) is 7.35. The third kappa shape index (κ3) is 4.74. The second-order valence-electron chi connectivity index (χ2n) is 5.17. The van der Waals surface area contributed by atoms with E-state index in [0.717, 1.165) is 31.7 Å². The first kappa shape index (κ1) is 19.6. The van der Waals surface area contributed by atoms with Gasteiger partial charge in [0.05, 0.1) is 7.11 Å². The Labute approximate surface area is 149 Å². The minimum Gasteiger partial charge on any atom is -0.493 e. The van der Waals surface area contributed by atoms with Crippen molar-refractivity contribution in [2.24, 2.45) is 0 Å². The van der Waals surface area contributed by atoms with Crippen LogP contribution in [0, 0.1) is 0 Å². The standard InChI is InChI=1S/C17H20N2O2.2ClH/c1-20-15-6-2-3-7-16(15)21-17-14(5-4-10-19-17)13-8-11-18-12-9-13;;/h2-7,10,13,18H,8-9,11-12H2,1H3;2*1H. The molecule has 4 nitrogen and oxygen atoms in total. The summed E-state index contributed by atoms with van der Waals surface area (Å²) in [7, 11) is 1.65. The fourth-order valence-corrected chi connectivity index (χ4v) is 2.74. The van der Waals surface area contributed by atoms with Crippen molar-refractivity contribution in [2.45, 2.75) is 18.8 Å². The molecule has 126 valence electrons. The van der Waals surface area contributed by atoms with Crippen molar-refractivity contribution < 1.29 is 9.47 Å². The lowest BCUT2D eigenvalue weighted by atomic mass is 9.91. The van der Waals surface area contributed by atoms with Crippen LogP contribution in [0.4, 0.5) is 0 Å². The van der Waals surface area contributed by atoms with Gasteiger partial charge in [-0.2, -0.15) is 0 Å². The van der Waals surface area contributed by atoms with Gasteiger partial charge in [0.25, 0.3) is 0 Å². The maximum atomic E-state index is 6.03. The van der Waals surface area contributed by atoms with Crippen LogP contribution in [0.1, 0.15) is 24.3 Å². The summed E-state index contributed by atoms with van der Waals surface area (Å²) < 4.78 is 11.4. The van der Waals surface area contributed by atoms with E-state index in [1.54, 1.807) is 13.3 Å². The van der Waals surface area contributed by atoms with Crippen LogP contribution < -0.4 is 14.8 Å². The first-order chi connectivity index (χ1) is 10.4. The Bertz CT molecular complexity index is 605. The molecule has 1 saturated heterocycles. The van der Waals surface area contributed by atoms with Crippen LogP contribution in [0.5, 0.6) is 17.4 Å². The van der Waals surface area contributed by atoms with E-state index in [9.17, 15) is 0 Å². The topological polar surface area (TPSA) is 43.4 Å². The van der Waals surface area contributed by atoms with E-state index in [1.807, 2.05) is 30.3 Å². The van der Waals surface area contributed by atoms with Crippen molar-refractivity contribution in [2.75, 3.05) is 20.2 Å². The molecule has 0 radical (unpaired) electrons. The summed E-state index contributed by atoms with van der Waals surface area (Å²) in [5, 5.41) is 3.39. The number of methoxy groups -OCH3 is 1. The van der Waals surface area contributed by atoms with Gasteiger partial charge >= 0.3 is 0 Å². The Morgan fingerprint density at radius 2 is 1.70 bits per heavy atom. The lowest BCUT2D eigenvalue weighted by Gasteiger charge is -2.24. The van der Waals surface area contributed by atoms with Gasteiger partial charge in [-0.05, 0) is 50.0 Å². The highest BCUT2D eigenvalue weighted by molar-refractivity contribution is 5.85. The molecule has 0 atom stereocenters. The molecular formula is C17H22Cl2N2O2. The monoisotopic (exact) mass is 356 g/mol. The molecule has 6 heteroatoms. The predicted molar refractivity (Wildman–Crippen MR) is 96.6 cm³/mol. The molecule has 0 spiro atoms. The van der Waals surface area contributed by atoms with E-state index >= 15 is 0 Å². The second kappa shape index (κ2) is 9.60. The summed E-state index contributed by atoms with van der Waals surface area (Å²) >= 11 is 0. The molecule has 3 rings (SSSR count). The van der Waals surface area contributed by atoms with Crippen molar-refractivity contribution in [3.05, 3.63) is 48.2 Å². The first-order valence-electron chi connectivity index (χ1n) is 7.35. The van der Waals surface area contributed by atoms with E-state index in [-0.39, 0.29) is 24.8 Å². The fraction of sp³-hybridized carbons (Fsp3) is 0.353. The molecule has 1 aromatic heterocycles. The maximum absolute atomic E-state index is 6.03. The predicted octanol–water partition coefficient (Wildman–Crippen LogP) is 4.19. The van der Waals surface area contributed by atoms with Crippen LogP contribution in [-0.4, -0.2) is 25.2 Å². The van der Waals surface area contributed by atoms with Gasteiger partial charge in [0.15, 0.2) is 11.5 Å². The number of nitrogens with zero attached hydrogens (tertiary/aromatic N) is 1. The third-order valence-electron chi connectivity index (χ3n) is 3.86. The Hall–Kier alpha value is -1.49. The SMILES string of the molecule is COc1ccccc1Oc1ncccc1C1CCNCC1.Cl.Cl.